The molecule has 222 valence electrons. The Labute approximate surface area is 260 Å². The van der Waals surface area contributed by atoms with Crippen molar-refractivity contribution < 1.29 is 24.6 Å². The van der Waals surface area contributed by atoms with Gasteiger partial charge in [-0.2, -0.15) is 0 Å². The fraction of sp³-hybridized carbons (Fsp3) is 0.206. The zero-order valence-corrected chi connectivity index (χ0v) is 24.9. The average molecular weight is 620 g/mol. The Morgan fingerprint density at radius 1 is 0.791 bits per heavy atom. The number of carbonyl (C=O) groups excluding carboxylic acids is 2. The quantitative estimate of drug-likeness (QED) is 0.155. The molecule has 0 saturated carbocycles. The van der Waals surface area contributed by atoms with Gasteiger partial charge in [-0.05, 0) is 59.4 Å². The average Bonchev–Trinajstić information content (AvgIpc) is 3.01. The molecular formula is C34H32Cl2N2O5. The van der Waals surface area contributed by atoms with Crippen molar-refractivity contribution in [1.82, 2.24) is 10.2 Å². The van der Waals surface area contributed by atoms with Gasteiger partial charge in [0.05, 0.1) is 12.5 Å². The summed E-state index contributed by atoms with van der Waals surface area (Å²) in [4.78, 5) is 40.6. The topological polar surface area (TPSA) is 107 Å². The second kappa shape index (κ2) is 15.3. The number of benzene rings is 4. The Bertz CT molecular complexity index is 1580. The van der Waals surface area contributed by atoms with Crippen molar-refractivity contribution in [2.75, 3.05) is 19.7 Å². The lowest BCUT2D eigenvalue weighted by molar-refractivity contribution is -0.137. The third-order valence-electron chi connectivity index (χ3n) is 7.09. The summed E-state index contributed by atoms with van der Waals surface area (Å²) < 4.78 is 0. The molecule has 9 heteroatoms. The zero-order chi connectivity index (χ0) is 30.8. The predicted octanol–water partition coefficient (Wildman–Crippen LogP) is 6.67. The largest absolute Gasteiger partial charge is 0.481 e. The van der Waals surface area contributed by atoms with E-state index in [9.17, 15) is 24.6 Å². The van der Waals surface area contributed by atoms with Crippen LogP contribution in [0.5, 0.6) is 0 Å². The molecule has 0 fully saturated rings. The van der Waals surface area contributed by atoms with E-state index in [2.05, 4.69) is 5.32 Å². The number of carbonyl (C=O) groups is 3. The summed E-state index contributed by atoms with van der Waals surface area (Å²) in [5.41, 5.74) is 3.45. The van der Waals surface area contributed by atoms with Gasteiger partial charge in [0.1, 0.15) is 0 Å². The van der Waals surface area contributed by atoms with Gasteiger partial charge in [0, 0.05) is 40.9 Å². The number of nitrogens with zero attached hydrogens (tertiary/aromatic N) is 1. The molecule has 0 bridgehead atoms. The van der Waals surface area contributed by atoms with Gasteiger partial charge in [-0.25, -0.2) is 0 Å². The zero-order valence-electron chi connectivity index (χ0n) is 23.4. The van der Waals surface area contributed by atoms with Gasteiger partial charge in [-0.3, -0.25) is 14.4 Å². The highest BCUT2D eigenvalue weighted by Gasteiger charge is 2.24. The van der Waals surface area contributed by atoms with Crippen molar-refractivity contribution in [1.29, 1.82) is 0 Å². The Kier molecular flexibility index (Phi) is 11.3. The minimum Gasteiger partial charge on any atom is -0.481 e. The Balaban J connectivity index is 1.65. The maximum Gasteiger partial charge on any atom is 0.305 e. The summed E-state index contributed by atoms with van der Waals surface area (Å²) in [5.74, 6) is -1.73. The number of aliphatic hydroxyl groups excluding tert-OH is 1. The minimum absolute atomic E-state index is 0.00421. The first-order valence-corrected chi connectivity index (χ1v) is 14.6. The van der Waals surface area contributed by atoms with Crippen LogP contribution < -0.4 is 5.32 Å². The van der Waals surface area contributed by atoms with E-state index in [0.29, 0.717) is 45.1 Å². The number of aliphatic hydroxyl groups is 1. The molecule has 0 heterocycles. The fourth-order valence-electron chi connectivity index (χ4n) is 4.89. The summed E-state index contributed by atoms with van der Waals surface area (Å²) in [7, 11) is 0. The molecule has 4 rings (SSSR count). The summed E-state index contributed by atoms with van der Waals surface area (Å²) in [5, 5.41) is 23.0. The maximum atomic E-state index is 14.0. The van der Waals surface area contributed by atoms with Crippen molar-refractivity contribution in [3.63, 3.8) is 0 Å². The Morgan fingerprint density at radius 2 is 1.42 bits per heavy atom. The standard InChI is InChI=1S/C34H32Cl2N2O5/c35-25-15-14-23(30(36)22-25)16-19-38(20-17-32(40)41)34(43)29-13-7-5-11-27(29)26-10-4-6-12-28(26)33(42)37-31(18-21-39)24-8-2-1-3-9-24/h1-15,22,31,39H,16-21H2,(H,37,42)(H,40,41). The second-order valence-corrected chi connectivity index (χ2v) is 10.8. The van der Waals surface area contributed by atoms with Gasteiger partial charge in [0.15, 0.2) is 0 Å². The summed E-state index contributed by atoms with van der Waals surface area (Å²) >= 11 is 12.4. The van der Waals surface area contributed by atoms with Gasteiger partial charge in [-0.1, -0.05) is 96.0 Å². The van der Waals surface area contributed by atoms with Gasteiger partial charge in [-0.15, -0.1) is 0 Å². The summed E-state index contributed by atoms with van der Waals surface area (Å²) in [6, 6.07) is 28.1. The fourth-order valence-corrected chi connectivity index (χ4v) is 5.39. The van der Waals surface area contributed by atoms with E-state index in [1.54, 1.807) is 66.7 Å². The normalized spacial score (nSPS) is 11.5. The van der Waals surface area contributed by atoms with E-state index in [4.69, 9.17) is 23.2 Å². The number of halogens is 2. The smallest absolute Gasteiger partial charge is 0.305 e. The van der Waals surface area contributed by atoms with Crippen LogP contribution in [0.1, 0.15) is 50.7 Å². The monoisotopic (exact) mass is 618 g/mol. The van der Waals surface area contributed by atoms with E-state index in [1.807, 2.05) is 30.3 Å². The number of rotatable bonds is 13. The molecule has 0 aliphatic carbocycles. The second-order valence-electron chi connectivity index (χ2n) is 9.96. The molecule has 0 aliphatic rings. The molecule has 1 atom stereocenters. The lowest BCUT2D eigenvalue weighted by atomic mass is 9.93. The van der Waals surface area contributed by atoms with E-state index < -0.39 is 12.0 Å². The predicted molar refractivity (Wildman–Crippen MR) is 169 cm³/mol. The highest BCUT2D eigenvalue weighted by Crippen LogP contribution is 2.30. The van der Waals surface area contributed by atoms with Crippen LogP contribution in [0.25, 0.3) is 11.1 Å². The molecule has 0 saturated heterocycles. The molecule has 1 unspecified atom stereocenters. The van der Waals surface area contributed by atoms with E-state index in [-0.39, 0.29) is 37.9 Å². The van der Waals surface area contributed by atoms with Crippen LogP contribution in [0.15, 0.2) is 97.1 Å². The SMILES string of the molecule is O=C(O)CCN(CCc1ccc(Cl)cc1Cl)C(=O)c1ccccc1-c1ccccc1C(=O)NC(CCO)c1ccccc1. The molecular weight excluding hydrogens is 587 g/mol. The lowest BCUT2D eigenvalue weighted by Gasteiger charge is -2.24. The first-order chi connectivity index (χ1) is 20.8. The van der Waals surface area contributed by atoms with E-state index in [1.165, 1.54) is 4.90 Å². The van der Waals surface area contributed by atoms with E-state index in [0.717, 1.165) is 11.1 Å². The molecule has 4 aromatic rings. The first kappa shape index (κ1) is 31.8. The number of carboxylic acid groups (broad SMARTS) is 1. The minimum atomic E-state index is -1.02. The number of nitrogens with one attached hydrogen (secondary N) is 1. The van der Waals surface area contributed by atoms with Crippen molar-refractivity contribution in [3.05, 3.63) is 129 Å². The number of aliphatic carboxylic acids is 1. The lowest BCUT2D eigenvalue weighted by Crippen LogP contribution is -2.35. The Morgan fingerprint density at radius 3 is 2.07 bits per heavy atom. The van der Waals surface area contributed by atoms with Crippen molar-refractivity contribution in [2.24, 2.45) is 0 Å². The third kappa shape index (κ3) is 8.45. The molecule has 43 heavy (non-hydrogen) atoms. The van der Waals surface area contributed by atoms with Crippen LogP contribution in [-0.4, -0.2) is 52.6 Å². The summed E-state index contributed by atoms with van der Waals surface area (Å²) in [6.45, 7) is 0.117. The molecule has 4 aromatic carbocycles. The van der Waals surface area contributed by atoms with Gasteiger partial charge >= 0.3 is 5.97 Å². The van der Waals surface area contributed by atoms with Crippen LogP contribution in [0, 0.1) is 0 Å². The van der Waals surface area contributed by atoms with Crippen molar-refractivity contribution in [2.45, 2.75) is 25.3 Å². The van der Waals surface area contributed by atoms with Crippen LogP contribution in [0.4, 0.5) is 0 Å². The molecule has 0 aliphatic heterocycles. The molecule has 7 nitrogen and oxygen atoms in total. The Hall–Kier alpha value is -4.17. The third-order valence-corrected chi connectivity index (χ3v) is 7.68. The molecule has 3 N–H and O–H groups in total. The maximum absolute atomic E-state index is 14.0. The highest BCUT2D eigenvalue weighted by atomic mass is 35.5. The van der Waals surface area contributed by atoms with Crippen molar-refractivity contribution in [3.8, 4) is 11.1 Å². The van der Waals surface area contributed by atoms with Gasteiger partial charge in [0.25, 0.3) is 11.8 Å². The summed E-state index contributed by atoms with van der Waals surface area (Å²) in [6.07, 6.45) is 0.504. The van der Waals surface area contributed by atoms with Crippen LogP contribution in [0.2, 0.25) is 10.0 Å². The highest BCUT2D eigenvalue weighted by molar-refractivity contribution is 6.35. The van der Waals surface area contributed by atoms with Crippen LogP contribution in [-0.2, 0) is 11.2 Å². The van der Waals surface area contributed by atoms with Crippen LogP contribution in [0.3, 0.4) is 0 Å². The van der Waals surface area contributed by atoms with Crippen LogP contribution >= 0.6 is 23.2 Å². The molecule has 0 spiro atoms. The number of hydrogen-bond acceptors (Lipinski definition) is 4. The number of hydrogen-bond donors (Lipinski definition) is 3. The van der Waals surface area contributed by atoms with E-state index >= 15 is 0 Å². The molecule has 0 radical (unpaired) electrons. The molecule has 0 aromatic heterocycles. The number of amides is 2. The van der Waals surface area contributed by atoms with Crippen molar-refractivity contribution >= 4 is 41.0 Å². The molecule has 2 amide bonds. The van der Waals surface area contributed by atoms with Gasteiger partial charge < -0.3 is 20.4 Å². The first-order valence-electron chi connectivity index (χ1n) is 13.9. The van der Waals surface area contributed by atoms with Gasteiger partial charge in [0.2, 0.25) is 0 Å². The number of carboxylic acids is 1.